The Kier molecular flexibility index (Phi) is 6.17. The van der Waals surface area contributed by atoms with Gasteiger partial charge in [-0.15, -0.1) is 0 Å². The Balaban J connectivity index is 1.18. The lowest BCUT2D eigenvalue weighted by Gasteiger charge is -2.24. The van der Waals surface area contributed by atoms with Crippen molar-refractivity contribution in [2.24, 2.45) is 0 Å². The average molecular weight is 576 g/mol. The summed E-state index contributed by atoms with van der Waals surface area (Å²) in [5, 5.41) is 11.1. The predicted molar refractivity (Wildman–Crippen MR) is 133 cm³/mol. The normalized spacial score (nSPS) is 35.0. The van der Waals surface area contributed by atoms with Gasteiger partial charge in [-0.25, -0.2) is 34.5 Å². The van der Waals surface area contributed by atoms with Gasteiger partial charge in [-0.1, -0.05) is 0 Å². The van der Waals surface area contributed by atoms with Crippen LogP contribution in [0, 0.1) is 0 Å². The molecule has 3 fully saturated rings. The summed E-state index contributed by atoms with van der Waals surface area (Å²) in [4.78, 5) is 35.5. The molecule has 3 saturated heterocycles. The van der Waals surface area contributed by atoms with E-state index in [-0.39, 0.29) is 37.7 Å². The molecule has 3 aliphatic heterocycles. The zero-order valence-electron chi connectivity index (χ0n) is 20.7. The number of phosphoric acid groups is 1. The van der Waals surface area contributed by atoms with Gasteiger partial charge >= 0.3 is 7.82 Å². The quantitative estimate of drug-likeness (QED) is 0.223. The average Bonchev–Trinajstić information content (AvgIpc) is 3.70. The van der Waals surface area contributed by atoms with Gasteiger partial charge in [0.25, 0.3) is 0 Å². The summed E-state index contributed by atoms with van der Waals surface area (Å²) in [5.74, 6) is 0.365. The first-order valence-corrected chi connectivity index (χ1v) is 13.9. The number of aliphatic hydroxyl groups excluding tert-OH is 1. The van der Waals surface area contributed by atoms with E-state index < -0.39 is 50.8 Å². The van der Waals surface area contributed by atoms with E-state index in [1.165, 1.54) is 29.9 Å². The molecule has 212 valence electrons. The number of imidazole rings is 2. The molecule has 0 radical (unpaired) electrons. The van der Waals surface area contributed by atoms with E-state index in [4.69, 9.17) is 34.7 Å². The van der Waals surface area contributed by atoms with Gasteiger partial charge in [0, 0.05) is 12.8 Å². The molecule has 19 heteroatoms. The summed E-state index contributed by atoms with van der Waals surface area (Å²) < 4.78 is 45.5. The lowest BCUT2D eigenvalue weighted by molar-refractivity contribution is -0.116. The molecule has 0 spiro atoms. The van der Waals surface area contributed by atoms with Crippen molar-refractivity contribution in [1.29, 1.82) is 0 Å². The molecule has 18 nitrogen and oxygen atoms in total. The van der Waals surface area contributed by atoms with Crippen LogP contribution >= 0.6 is 7.82 Å². The first-order chi connectivity index (χ1) is 19.3. The maximum atomic E-state index is 13.0. The van der Waals surface area contributed by atoms with E-state index in [9.17, 15) is 14.6 Å². The second-order valence-corrected chi connectivity index (χ2v) is 11.1. The van der Waals surface area contributed by atoms with E-state index in [1.807, 2.05) is 0 Å². The highest BCUT2D eigenvalue weighted by atomic mass is 31.2. The van der Waals surface area contributed by atoms with Crippen molar-refractivity contribution in [1.82, 2.24) is 39.0 Å². The van der Waals surface area contributed by atoms with Crippen LogP contribution in [0.1, 0.15) is 25.3 Å². The maximum absolute atomic E-state index is 13.0. The summed E-state index contributed by atoms with van der Waals surface area (Å²) in [6.07, 6.45) is -0.0733. The van der Waals surface area contributed by atoms with E-state index in [2.05, 4.69) is 29.9 Å². The second kappa shape index (κ2) is 9.64. The Morgan fingerprint density at radius 2 is 1.45 bits per heavy atom. The van der Waals surface area contributed by atoms with Crippen molar-refractivity contribution in [2.75, 3.05) is 24.7 Å². The largest absolute Gasteiger partial charge is 0.472 e. The molecular weight excluding hydrogens is 551 g/mol. The molecular formula is C21H25N10O8P. The number of nitrogens with two attached hydrogens (primary N) is 2. The van der Waals surface area contributed by atoms with Gasteiger partial charge in [0.2, 0.25) is 0 Å². The smallest absolute Gasteiger partial charge is 0.388 e. The first kappa shape index (κ1) is 25.6. The zero-order valence-corrected chi connectivity index (χ0v) is 21.6. The molecule has 0 aliphatic carbocycles. The SMILES string of the molecule is Nc1ncnc2c1ncn2C1O[C@@H]2COP(=O)(O)O[C@H]3CC(OC3n3cnc4c(N)ncnc43)C(O)CO[C@H]1C2. The van der Waals surface area contributed by atoms with Gasteiger partial charge in [-0.2, -0.15) is 0 Å². The van der Waals surface area contributed by atoms with Gasteiger partial charge in [-0.3, -0.25) is 18.2 Å². The summed E-state index contributed by atoms with van der Waals surface area (Å²) in [6, 6.07) is 0. The Morgan fingerprint density at radius 1 is 0.825 bits per heavy atom. The lowest BCUT2D eigenvalue weighted by Crippen LogP contribution is -2.34. The molecule has 3 aliphatic rings. The molecule has 4 aromatic rings. The predicted octanol–water partition coefficient (Wildman–Crippen LogP) is -0.332. The molecule has 8 atom stereocenters. The maximum Gasteiger partial charge on any atom is 0.472 e. The molecule has 7 rings (SSSR count). The van der Waals surface area contributed by atoms with Gasteiger partial charge in [0.05, 0.1) is 38.1 Å². The monoisotopic (exact) mass is 576 g/mol. The number of aromatic nitrogens is 8. The number of hydrogen-bond acceptors (Lipinski definition) is 15. The highest BCUT2D eigenvalue weighted by Gasteiger charge is 2.47. The molecule has 0 aromatic carbocycles. The van der Waals surface area contributed by atoms with Crippen molar-refractivity contribution in [2.45, 2.75) is 55.8 Å². The van der Waals surface area contributed by atoms with Gasteiger partial charge in [0.1, 0.15) is 42.0 Å². The Hall–Kier alpha value is -3.35. The fraction of sp³-hybridized carbons (Fsp3) is 0.524. The summed E-state index contributed by atoms with van der Waals surface area (Å²) in [7, 11) is -4.61. The fourth-order valence-electron chi connectivity index (χ4n) is 5.29. The third kappa shape index (κ3) is 4.38. The number of anilines is 2. The highest BCUT2D eigenvalue weighted by Crippen LogP contribution is 2.50. The van der Waals surface area contributed by atoms with Crippen molar-refractivity contribution >= 4 is 41.8 Å². The molecule has 0 amide bonds. The number of rotatable bonds is 2. The van der Waals surface area contributed by atoms with Crippen LogP contribution in [-0.2, 0) is 27.8 Å². The Labute approximate surface area is 224 Å². The van der Waals surface area contributed by atoms with Crippen LogP contribution in [0.3, 0.4) is 0 Å². The highest BCUT2D eigenvalue weighted by molar-refractivity contribution is 7.47. The molecule has 5 unspecified atom stereocenters. The Morgan fingerprint density at radius 3 is 2.10 bits per heavy atom. The minimum Gasteiger partial charge on any atom is -0.388 e. The number of hydrogen-bond donors (Lipinski definition) is 4. The molecule has 40 heavy (non-hydrogen) atoms. The van der Waals surface area contributed by atoms with E-state index in [0.29, 0.717) is 22.3 Å². The number of fused-ring (bicyclic) bond motifs is 6. The van der Waals surface area contributed by atoms with Gasteiger partial charge in [0.15, 0.2) is 35.4 Å². The van der Waals surface area contributed by atoms with Crippen LogP contribution in [0.25, 0.3) is 22.3 Å². The van der Waals surface area contributed by atoms with Crippen molar-refractivity contribution in [3.05, 3.63) is 25.3 Å². The number of aliphatic hydroxyl groups is 1. The third-order valence-electron chi connectivity index (χ3n) is 7.17. The number of nitrogen functional groups attached to an aromatic ring is 2. The Bertz CT molecular complexity index is 1620. The van der Waals surface area contributed by atoms with Crippen molar-refractivity contribution in [3.8, 4) is 0 Å². The zero-order chi connectivity index (χ0) is 27.6. The minimum absolute atomic E-state index is 0.0553. The lowest BCUT2D eigenvalue weighted by atomic mass is 10.1. The van der Waals surface area contributed by atoms with Crippen LogP contribution in [0.2, 0.25) is 0 Å². The minimum atomic E-state index is -4.61. The molecule has 6 N–H and O–H groups in total. The van der Waals surface area contributed by atoms with Crippen molar-refractivity contribution < 1.29 is 37.8 Å². The number of nitrogens with zero attached hydrogens (tertiary/aromatic N) is 8. The molecule has 4 aromatic heterocycles. The molecule has 7 heterocycles. The van der Waals surface area contributed by atoms with Crippen molar-refractivity contribution in [3.63, 3.8) is 0 Å². The van der Waals surface area contributed by atoms with Crippen LogP contribution in [-0.4, -0.2) is 92.8 Å². The number of phosphoric ester groups is 1. The second-order valence-electron chi connectivity index (χ2n) is 9.70. The van der Waals surface area contributed by atoms with E-state index in [1.54, 1.807) is 4.57 Å². The van der Waals surface area contributed by atoms with Crippen LogP contribution < -0.4 is 11.5 Å². The fourth-order valence-corrected chi connectivity index (χ4v) is 6.24. The summed E-state index contributed by atoms with van der Waals surface area (Å²) >= 11 is 0. The standard InChI is InChI=1S/C21H25N10O8P/c22-16-14-18(26-5-24-16)30(7-28-14)20-12-1-9(37-20)3-36-40(33,34)39-13-2-11(10(32)4-35-12)38-21(13)31-8-29-15-17(23)25-6-27-19(15)31/h5-13,20-21,32H,1-4H2,(H,33,34)(H2,22,24,26)(H2,23,25,27)/t9-,10?,11?,12-,13-,20?,21?/m0/s1. The molecule has 0 saturated carbocycles. The van der Waals surface area contributed by atoms with Crippen LogP contribution in [0.5, 0.6) is 0 Å². The van der Waals surface area contributed by atoms with Crippen LogP contribution in [0.15, 0.2) is 25.3 Å². The van der Waals surface area contributed by atoms with Crippen LogP contribution in [0.4, 0.5) is 11.6 Å². The third-order valence-corrected chi connectivity index (χ3v) is 8.18. The molecule has 4 bridgehead atoms. The first-order valence-electron chi connectivity index (χ1n) is 12.4. The summed E-state index contributed by atoms with van der Waals surface area (Å²) in [6.45, 7) is -0.390. The van der Waals surface area contributed by atoms with E-state index in [0.717, 1.165) is 0 Å². The van der Waals surface area contributed by atoms with Gasteiger partial charge in [-0.05, 0) is 0 Å². The van der Waals surface area contributed by atoms with Gasteiger partial charge < -0.3 is 35.7 Å². The number of ether oxygens (including phenoxy) is 3. The summed E-state index contributed by atoms with van der Waals surface area (Å²) in [5.41, 5.74) is 13.3. The topological polar surface area (TPSA) is 243 Å². The van der Waals surface area contributed by atoms with E-state index >= 15 is 0 Å².